The van der Waals surface area contributed by atoms with Crippen molar-refractivity contribution in [1.29, 1.82) is 0 Å². The quantitative estimate of drug-likeness (QED) is 0.695. The number of aromatic nitrogens is 1. The van der Waals surface area contributed by atoms with Gasteiger partial charge in [-0.05, 0) is 37.3 Å². The minimum absolute atomic E-state index is 0.623. The third kappa shape index (κ3) is 6.25. The molecule has 1 rings (SSSR count). The van der Waals surface area contributed by atoms with E-state index >= 15 is 0 Å². The Bertz CT molecular complexity index is 315. The second-order valence-electron chi connectivity index (χ2n) is 5.86. The van der Waals surface area contributed by atoms with Crippen molar-refractivity contribution in [3.63, 3.8) is 0 Å². The van der Waals surface area contributed by atoms with Crippen LogP contribution in [0.5, 0.6) is 0 Å². The summed E-state index contributed by atoms with van der Waals surface area (Å²) in [7, 11) is 0. The number of rotatable bonds is 9. The number of nitrogens with zero attached hydrogens (tertiary/aromatic N) is 1. The van der Waals surface area contributed by atoms with Crippen molar-refractivity contribution in [2.75, 3.05) is 0 Å². The van der Waals surface area contributed by atoms with E-state index in [0.717, 1.165) is 19.0 Å². The monoisotopic (exact) mass is 250 g/mol. The Kier molecular flexibility index (Phi) is 7.11. The first-order valence-corrected chi connectivity index (χ1v) is 7.49. The summed E-state index contributed by atoms with van der Waals surface area (Å²) in [6.45, 7) is 11.2. The van der Waals surface area contributed by atoms with E-state index in [-0.39, 0.29) is 0 Å². The highest BCUT2D eigenvalue weighted by molar-refractivity contribution is 5.09. The fraction of sp³-hybridized carbons (Fsp3) is 0.750. The van der Waals surface area contributed by atoms with Crippen LogP contribution in [0.1, 0.15) is 58.9 Å². The van der Waals surface area contributed by atoms with E-state index in [0.29, 0.717) is 6.04 Å². The molecule has 104 valence electrons. The molecule has 1 aromatic heterocycles. The third-order valence-electron chi connectivity index (χ3n) is 3.37. The van der Waals surface area contributed by atoms with E-state index in [1.54, 1.807) is 0 Å². The van der Waals surface area contributed by atoms with Gasteiger partial charge in [-0.25, -0.2) is 0 Å². The highest BCUT2D eigenvalue weighted by Crippen LogP contribution is 2.09. The van der Waals surface area contributed by atoms with Crippen molar-refractivity contribution in [1.82, 2.24) is 9.88 Å². The van der Waals surface area contributed by atoms with Crippen molar-refractivity contribution < 1.29 is 0 Å². The Labute approximate surface area is 113 Å². The topological polar surface area (TPSA) is 17.0 Å². The average Bonchev–Trinajstić information content (AvgIpc) is 2.74. The molecule has 0 saturated heterocycles. The first-order valence-electron chi connectivity index (χ1n) is 7.49. The zero-order chi connectivity index (χ0) is 13.4. The van der Waals surface area contributed by atoms with Gasteiger partial charge >= 0.3 is 0 Å². The molecule has 1 aromatic rings. The van der Waals surface area contributed by atoms with Crippen molar-refractivity contribution in [2.45, 2.75) is 72.5 Å². The van der Waals surface area contributed by atoms with Crippen LogP contribution >= 0.6 is 0 Å². The van der Waals surface area contributed by atoms with E-state index in [1.807, 2.05) is 0 Å². The highest BCUT2D eigenvalue weighted by atomic mass is 14.9. The van der Waals surface area contributed by atoms with Gasteiger partial charge in [-0.15, -0.1) is 0 Å². The normalized spacial score (nSPS) is 13.2. The summed E-state index contributed by atoms with van der Waals surface area (Å²) in [5.41, 5.74) is 1.40. The lowest BCUT2D eigenvalue weighted by molar-refractivity contribution is 0.457. The van der Waals surface area contributed by atoms with Gasteiger partial charge in [-0.1, -0.05) is 33.6 Å². The predicted octanol–water partition coefficient (Wildman–Crippen LogP) is 4.20. The molecule has 1 N–H and O–H groups in total. The maximum atomic E-state index is 3.61. The molecule has 1 atom stereocenters. The van der Waals surface area contributed by atoms with Gasteiger partial charge in [0.05, 0.1) is 0 Å². The van der Waals surface area contributed by atoms with Crippen LogP contribution in [-0.2, 0) is 13.1 Å². The molecule has 0 amide bonds. The van der Waals surface area contributed by atoms with Crippen LogP contribution in [0.4, 0.5) is 0 Å². The number of hydrogen-bond donors (Lipinski definition) is 1. The van der Waals surface area contributed by atoms with Gasteiger partial charge < -0.3 is 9.88 Å². The Morgan fingerprint density at radius 1 is 1.22 bits per heavy atom. The number of nitrogens with one attached hydrogen (secondary N) is 1. The Morgan fingerprint density at radius 2 is 2.00 bits per heavy atom. The smallest absolute Gasteiger partial charge is 0.0223 e. The summed E-state index contributed by atoms with van der Waals surface area (Å²) in [5.74, 6) is 0.834. The van der Waals surface area contributed by atoms with Crippen LogP contribution in [0.25, 0.3) is 0 Å². The first kappa shape index (κ1) is 15.3. The minimum Gasteiger partial charge on any atom is -0.354 e. The Balaban J connectivity index is 2.18. The maximum absolute atomic E-state index is 3.61. The molecular formula is C16H30N2. The molecule has 0 aromatic carbocycles. The molecule has 2 nitrogen and oxygen atoms in total. The van der Waals surface area contributed by atoms with E-state index in [2.05, 4.69) is 56.0 Å². The van der Waals surface area contributed by atoms with Gasteiger partial charge in [0.2, 0.25) is 0 Å². The molecule has 0 radical (unpaired) electrons. The molecule has 0 spiro atoms. The lowest BCUT2D eigenvalue weighted by Crippen LogP contribution is -2.25. The van der Waals surface area contributed by atoms with Crippen LogP contribution in [-0.4, -0.2) is 10.6 Å². The largest absolute Gasteiger partial charge is 0.354 e. The fourth-order valence-electron chi connectivity index (χ4n) is 2.22. The van der Waals surface area contributed by atoms with Crippen LogP contribution < -0.4 is 5.32 Å². The molecular weight excluding hydrogens is 220 g/mol. The van der Waals surface area contributed by atoms with Crippen molar-refractivity contribution >= 4 is 0 Å². The molecule has 0 aliphatic heterocycles. The van der Waals surface area contributed by atoms with Crippen LogP contribution in [0.15, 0.2) is 18.5 Å². The zero-order valence-corrected chi connectivity index (χ0v) is 12.6. The summed E-state index contributed by atoms with van der Waals surface area (Å²) < 4.78 is 2.28. The lowest BCUT2D eigenvalue weighted by Gasteiger charge is -2.13. The number of aryl methyl sites for hydroxylation is 1. The molecule has 1 heterocycles. The van der Waals surface area contributed by atoms with Gasteiger partial charge in [-0.2, -0.15) is 0 Å². The molecule has 2 heteroatoms. The van der Waals surface area contributed by atoms with Crippen molar-refractivity contribution in [3.05, 3.63) is 24.0 Å². The average molecular weight is 250 g/mol. The lowest BCUT2D eigenvalue weighted by atomic mass is 10.0. The summed E-state index contributed by atoms with van der Waals surface area (Å²) >= 11 is 0. The van der Waals surface area contributed by atoms with Gasteiger partial charge in [0, 0.05) is 31.5 Å². The predicted molar refractivity (Wildman–Crippen MR) is 79.7 cm³/mol. The Morgan fingerprint density at radius 3 is 2.67 bits per heavy atom. The van der Waals surface area contributed by atoms with Crippen molar-refractivity contribution in [2.24, 2.45) is 5.92 Å². The number of hydrogen-bond acceptors (Lipinski definition) is 1. The van der Waals surface area contributed by atoms with Crippen LogP contribution in [0.2, 0.25) is 0 Å². The van der Waals surface area contributed by atoms with Gasteiger partial charge in [0.15, 0.2) is 0 Å². The Hall–Kier alpha value is -0.760. The maximum Gasteiger partial charge on any atom is 0.0223 e. The van der Waals surface area contributed by atoms with Gasteiger partial charge in [-0.3, -0.25) is 0 Å². The highest BCUT2D eigenvalue weighted by Gasteiger charge is 2.03. The summed E-state index contributed by atoms with van der Waals surface area (Å²) in [5, 5.41) is 3.61. The van der Waals surface area contributed by atoms with Gasteiger partial charge in [0.1, 0.15) is 0 Å². The molecule has 0 saturated carbocycles. The second-order valence-corrected chi connectivity index (χ2v) is 5.86. The van der Waals surface area contributed by atoms with Gasteiger partial charge in [0.25, 0.3) is 0 Å². The SMILES string of the molecule is CCCn1ccc(CNC(C)CCCC(C)C)c1. The third-order valence-corrected chi connectivity index (χ3v) is 3.37. The van der Waals surface area contributed by atoms with Crippen LogP contribution in [0.3, 0.4) is 0 Å². The molecule has 0 aliphatic carbocycles. The second kappa shape index (κ2) is 8.36. The van der Waals surface area contributed by atoms with E-state index in [9.17, 15) is 0 Å². The molecule has 0 bridgehead atoms. The van der Waals surface area contributed by atoms with E-state index in [4.69, 9.17) is 0 Å². The summed E-state index contributed by atoms with van der Waals surface area (Å²) in [6, 6.07) is 2.85. The van der Waals surface area contributed by atoms with E-state index in [1.165, 1.54) is 31.2 Å². The summed E-state index contributed by atoms with van der Waals surface area (Å²) in [6.07, 6.45) is 9.61. The molecule has 18 heavy (non-hydrogen) atoms. The molecule has 1 unspecified atom stereocenters. The molecule has 0 aliphatic rings. The minimum atomic E-state index is 0.623. The zero-order valence-electron chi connectivity index (χ0n) is 12.6. The molecule has 0 fully saturated rings. The van der Waals surface area contributed by atoms with Crippen molar-refractivity contribution in [3.8, 4) is 0 Å². The fourth-order valence-corrected chi connectivity index (χ4v) is 2.22. The van der Waals surface area contributed by atoms with Crippen LogP contribution in [0, 0.1) is 5.92 Å². The summed E-state index contributed by atoms with van der Waals surface area (Å²) in [4.78, 5) is 0. The van der Waals surface area contributed by atoms with E-state index < -0.39 is 0 Å². The first-order chi connectivity index (χ1) is 8.61. The standard InChI is InChI=1S/C16H30N2/c1-5-10-18-11-9-16(13-18)12-17-15(4)8-6-7-14(2)3/h9,11,13-15,17H,5-8,10,12H2,1-4H3.